The highest BCUT2D eigenvalue weighted by Gasteiger charge is 2.36. The number of fused-ring (bicyclic) bond motifs is 2. The third-order valence-electron chi connectivity index (χ3n) is 3.58. The maximum Gasteiger partial charge on any atom is 0.254 e. The monoisotopic (exact) mass is 291 g/mol. The SMILES string of the molecule is C[NH2+]c1ncnc2c1N=C1CC(C)(C)CC(OC)=C1S2. The largest absolute Gasteiger partial charge is 0.500 e. The van der Waals surface area contributed by atoms with Gasteiger partial charge in [-0.1, -0.05) is 25.6 Å². The Morgan fingerprint density at radius 2 is 2.10 bits per heavy atom. The van der Waals surface area contributed by atoms with Gasteiger partial charge in [0.2, 0.25) is 0 Å². The number of nitrogens with zero attached hydrogens (tertiary/aromatic N) is 3. The van der Waals surface area contributed by atoms with Gasteiger partial charge in [-0.15, -0.1) is 0 Å². The third-order valence-corrected chi connectivity index (χ3v) is 4.74. The Bertz CT molecular complexity index is 622. The number of ether oxygens (including phenoxy) is 1. The molecular formula is C14H19N4OS+. The highest BCUT2D eigenvalue weighted by atomic mass is 32.2. The summed E-state index contributed by atoms with van der Waals surface area (Å²) in [4.78, 5) is 14.6. The van der Waals surface area contributed by atoms with Crippen molar-refractivity contribution in [3.63, 3.8) is 0 Å². The van der Waals surface area contributed by atoms with Gasteiger partial charge in [0.15, 0.2) is 5.69 Å². The molecule has 0 radical (unpaired) electrons. The van der Waals surface area contributed by atoms with Crippen molar-refractivity contribution < 1.29 is 10.1 Å². The van der Waals surface area contributed by atoms with Crippen LogP contribution in [-0.2, 0) is 4.74 Å². The molecule has 1 aromatic rings. The van der Waals surface area contributed by atoms with Crippen LogP contribution in [0.1, 0.15) is 26.7 Å². The lowest BCUT2D eigenvalue weighted by Crippen LogP contribution is -2.73. The number of aromatic nitrogens is 2. The van der Waals surface area contributed by atoms with Gasteiger partial charge in [-0.2, -0.15) is 4.98 Å². The number of allylic oxidation sites excluding steroid dienone is 2. The molecule has 6 heteroatoms. The van der Waals surface area contributed by atoms with Crippen LogP contribution in [0.5, 0.6) is 0 Å². The highest BCUT2D eigenvalue weighted by molar-refractivity contribution is 8.04. The fourth-order valence-corrected chi connectivity index (χ4v) is 3.69. The maximum atomic E-state index is 5.59. The summed E-state index contributed by atoms with van der Waals surface area (Å²) in [5, 5.41) is 2.89. The van der Waals surface area contributed by atoms with Crippen LogP contribution in [0.3, 0.4) is 0 Å². The van der Waals surface area contributed by atoms with Crippen molar-refractivity contribution in [2.75, 3.05) is 14.2 Å². The molecule has 0 aromatic carbocycles. The molecule has 0 fully saturated rings. The molecule has 0 bridgehead atoms. The lowest BCUT2D eigenvalue weighted by Gasteiger charge is -2.34. The first-order valence-corrected chi connectivity index (χ1v) is 7.53. The first-order valence-electron chi connectivity index (χ1n) is 6.71. The lowest BCUT2D eigenvalue weighted by atomic mass is 9.79. The van der Waals surface area contributed by atoms with Gasteiger partial charge in [-0.25, -0.2) is 9.98 Å². The van der Waals surface area contributed by atoms with Gasteiger partial charge in [0.25, 0.3) is 5.82 Å². The zero-order valence-corrected chi connectivity index (χ0v) is 13.0. The maximum absolute atomic E-state index is 5.59. The Balaban J connectivity index is 2.15. The van der Waals surface area contributed by atoms with E-state index in [0.717, 1.165) is 45.7 Å². The second-order valence-corrected chi connectivity index (χ2v) is 6.84. The molecule has 5 nitrogen and oxygen atoms in total. The van der Waals surface area contributed by atoms with Gasteiger partial charge in [0, 0.05) is 6.42 Å². The molecule has 0 saturated heterocycles. The van der Waals surface area contributed by atoms with Crippen LogP contribution < -0.4 is 5.32 Å². The predicted octanol–water partition coefficient (Wildman–Crippen LogP) is 2.16. The second kappa shape index (κ2) is 4.86. The molecule has 0 spiro atoms. The van der Waals surface area contributed by atoms with Crippen molar-refractivity contribution in [1.29, 1.82) is 0 Å². The number of hydrogen-bond acceptors (Lipinski definition) is 5. The van der Waals surface area contributed by atoms with E-state index in [2.05, 4.69) is 23.8 Å². The summed E-state index contributed by atoms with van der Waals surface area (Å²) >= 11 is 1.66. The van der Waals surface area contributed by atoms with Crippen molar-refractivity contribution >= 4 is 29.0 Å². The van der Waals surface area contributed by atoms with Crippen LogP contribution >= 0.6 is 11.8 Å². The quantitative estimate of drug-likeness (QED) is 0.848. The molecule has 20 heavy (non-hydrogen) atoms. The third kappa shape index (κ3) is 2.23. The van der Waals surface area contributed by atoms with Crippen LogP contribution in [0.4, 0.5) is 11.5 Å². The molecule has 0 unspecified atom stereocenters. The minimum absolute atomic E-state index is 0.178. The average Bonchev–Trinajstić information content (AvgIpc) is 2.43. The van der Waals surface area contributed by atoms with Gasteiger partial charge in [-0.3, -0.25) is 5.32 Å². The smallest absolute Gasteiger partial charge is 0.254 e. The molecule has 3 rings (SSSR count). The fourth-order valence-electron chi connectivity index (χ4n) is 2.64. The van der Waals surface area contributed by atoms with Crippen molar-refractivity contribution in [2.24, 2.45) is 10.4 Å². The number of thioether (sulfide) groups is 1. The second-order valence-electron chi connectivity index (χ2n) is 5.84. The number of nitrogens with two attached hydrogens (primary N) is 1. The molecule has 0 saturated carbocycles. The van der Waals surface area contributed by atoms with Crippen molar-refractivity contribution in [2.45, 2.75) is 31.7 Å². The molecule has 1 aliphatic heterocycles. The number of quaternary nitrogens is 1. The molecule has 106 valence electrons. The van der Waals surface area contributed by atoms with Crippen LogP contribution in [-0.4, -0.2) is 29.8 Å². The lowest BCUT2D eigenvalue weighted by molar-refractivity contribution is -0.542. The van der Waals surface area contributed by atoms with Crippen LogP contribution in [0.15, 0.2) is 27.0 Å². The first kappa shape index (κ1) is 13.6. The Morgan fingerprint density at radius 3 is 2.80 bits per heavy atom. The van der Waals surface area contributed by atoms with E-state index >= 15 is 0 Å². The minimum Gasteiger partial charge on any atom is -0.500 e. The van der Waals surface area contributed by atoms with Crippen LogP contribution in [0, 0.1) is 5.41 Å². The van der Waals surface area contributed by atoms with Crippen molar-refractivity contribution in [3.05, 3.63) is 17.0 Å². The molecule has 2 aliphatic rings. The van der Waals surface area contributed by atoms with Gasteiger partial charge in [0.05, 0.1) is 24.8 Å². The van der Waals surface area contributed by atoms with E-state index in [1.165, 1.54) is 0 Å². The molecule has 1 aromatic heterocycles. The number of hydrogen-bond donors (Lipinski definition) is 1. The fraction of sp³-hybridized carbons (Fsp3) is 0.500. The van der Waals surface area contributed by atoms with Crippen molar-refractivity contribution in [1.82, 2.24) is 9.97 Å². The Hall–Kier alpha value is -1.40. The number of methoxy groups -OCH3 is 1. The van der Waals surface area contributed by atoms with E-state index in [4.69, 9.17) is 9.73 Å². The van der Waals surface area contributed by atoms with E-state index < -0.39 is 0 Å². The average molecular weight is 291 g/mol. The Kier molecular flexibility index (Phi) is 3.30. The van der Waals surface area contributed by atoms with Gasteiger partial charge < -0.3 is 4.74 Å². The number of aliphatic imine (C=N–C) groups is 1. The summed E-state index contributed by atoms with van der Waals surface area (Å²) in [6.07, 6.45) is 3.50. The van der Waals surface area contributed by atoms with Crippen molar-refractivity contribution in [3.8, 4) is 0 Å². The normalized spacial score (nSPS) is 20.1. The summed E-state index contributed by atoms with van der Waals surface area (Å²) in [7, 11) is 3.72. The minimum atomic E-state index is 0.178. The van der Waals surface area contributed by atoms with Gasteiger partial charge in [0.1, 0.15) is 17.1 Å². The molecule has 1 aliphatic carbocycles. The first-order chi connectivity index (χ1) is 9.54. The summed E-state index contributed by atoms with van der Waals surface area (Å²) in [5.74, 6) is 1.92. The van der Waals surface area contributed by atoms with Gasteiger partial charge in [-0.05, 0) is 11.8 Å². The molecule has 0 atom stereocenters. The molecule has 0 amide bonds. The topological polar surface area (TPSA) is 64.0 Å². The predicted molar refractivity (Wildman–Crippen MR) is 79.5 cm³/mol. The summed E-state index contributed by atoms with van der Waals surface area (Å²) in [5.41, 5.74) is 2.18. The molecular weight excluding hydrogens is 272 g/mol. The zero-order chi connectivity index (χ0) is 14.3. The van der Waals surface area contributed by atoms with E-state index in [1.54, 1.807) is 25.2 Å². The number of rotatable bonds is 2. The van der Waals surface area contributed by atoms with Crippen LogP contribution in [0.25, 0.3) is 0 Å². The summed E-state index contributed by atoms with van der Waals surface area (Å²) in [6, 6.07) is 0. The standard InChI is InChI=1S/C14H18N4OS/c1-14(2)5-8-11(9(6-14)19-4)20-13-10(18-8)12(15-3)16-7-17-13/h7H,5-6H2,1-4H3,(H,15,16,17)/p+1. The van der Waals surface area contributed by atoms with E-state index in [9.17, 15) is 0 Å². The van der Waals surface area contributed by atoms with Crippen LogP contribution in [0.2, 0.25) is 0 Å². The Labute approximate surface area is 123 Å². The highest BCUT2D eigenvalue weighted by Crippen LogP contribution is 2.49. The van der Waals surface area contributed by atoms with E-state index in [1.807, 2.05) is 12.4 Å². The molecule has 2 heterocycles. The van der Waals surface area contributed by atoms with E-state index in [-0.39, 0.29) is 5.41 Å². The van der Waals surface area contributed by atoms with E-state index in [0.29, 0.717) is 0 Å². The Morgan fingerprint density at radius 1 is 1.30 bits per heavy atom. The summed E-state index contributed by atoms with van der Waals surface area (Å²) in [6.45, 7) is 4.50. The zero-order valence-electron chi connectivity index (χ0n) is 12.2. The van der Waals surface area contributed by atoms with Gasteiger partial charge >= 0.3 is 0 Å². The summed E-state index contributed by atoms with van der Waals surface area (Å²) < 4.78 is 5.59. The molecule has 2 N–H and O–H groups in total.